The standard InChI is InChI=1S/C36H50ClNO5Si2/c1-35(2,3)44(7,8)42-31-20-18-28(19-21-31)33(39)27-16-14-26(15-17-27)22-23-38(34(40)41)25-32(29-12-11-13-30(37)24-29)43-45(9,10)36(4,5)6/h11-21,24,32H,22-23,25H2,1-10H3,(H,40,41)/t32-/m0/s1. The van der Waals surface area contributed by atoms with Gasteiger partial charge in [-0.15, -0.1) is 0 Å². The Hall–Kier alpha value is -2.92. The van der Waals surface area contributed by atoms with Gasteiger partial charge in [-0.3, -0.25) is 4.79 Å². The lowest BCUT2D eigenvalue weighted by Crippen LogP contribution is -2.45. The average molecular weight is 668 g/mol. The first-order chi connectivity index (χ1) is 20.7. The van der Waals surface area contributed by atoms with Crippen LogP contribution < -0.4 is 4.43 Å². The van der Waals surface area contributed by atoms with Crippen molar-refractivity contribution >= 4 is 40.1 Å². The number of carbonyl (C=O) groups is 2. The Labute approximate surface area is 277 Å². The number of carbonyl (C=O) groups excluding carboxylic acids is 1. The number of ketones is 1. The SMILES string of the molecule is CC(C)(C)[Si](C)(C)Oc1ccc(C(=O)c2ccc(CCN(C[C@H](O[Si](C)(C)C(C)(C)C)c3cccc(Cl)c3)C(=O)O)cc2)cc1. The van der Waals surface area contributed by atoms with Gasteiger partial charge in [0.2, 0.25) is 8.32 Å². The lowest BCUT2D eigenvalue weighted by atomic mass is 10.0. The molecule has 244 valence electrons. The molecule has 1 amide bonds. The molecule has 0 saturated carbocycles. The molecule has 3 rings (SSSR count). The lowest BCUT2D eigenvalue weighted by molar-refractivity contribution is 0.102. The first-order valence-electron chi connectivity index (χ1n) is 15.5. The van der Waals surface area contributed by atoms with Gasteiger partial charge >= 0.3 is 6.09 Å². The van der Waals surface area contributed by atoms with Crippen LogP contribution >= 0.6 is 11.6 Å². The summed E-state index contributed by atoms with van der Waals surface area (Å²) in [6.07, 6.45) is -0.948. The van der Waals surface area contributed by atoms with E-state index in [1.54, 1.807) is 18.2 Å². The summed E-state index contributed by atoms with van der Waals surface area (Å²) in [5, 5.41) is 10.8. The van der Waals surface area contributed by atoms with Gasteiger partial charge in [0.15, 0.2) is 14.1 Å². The van der Waals surface area contributed by atoms with E-state index in [1.807, 2.05) is 54.6 Å². The van der Waals surface area contributed by atoms with Crippen molar-refractivity contribution in [1.29, 1.82) is 0 Å². The third-order valence-corrected chi connectivity index (χ3v) is 18.4. The molecule has 0 spiro atoms. The quantitative estimate of drug-likeness (QED) is 0.154. The zero-order valence-corrected chi connectivity index (χ0v) is 31.3. The van der Waals surface area contributed by atoms with E-state index in [-0.39, 0.29) is 28.9 Å². The maximum Gasteiger partial charge on any atom is 0.407 e. The number of benzene rings is 3. The molecule has 9 heteroatoms. The van der Waals surface area contributed by atoms with E-state index >= 15 is 0 Å². The zero-order chi connectivity index (χ0) is 33.8. The molecule has 0 aliphatic carbocycles. The Balaban J connectivity index is 1.70. The Bertz CT molecular complexity index is 1460. The van der Waals surface area contributed by atoms with E-state index in [0.717, 1.165) is 16.9 Å². The number of carboxylic acid groups (broad SMARTS) is 1. The second-order valence-electron chi connectivity index (χ2n) is 14.8. The monoisotopic (exact) mass is 667 g/mol. The Morgan fingerprint density at radius 3 is 1.84 bits per heavy atom. The summed E-state index contributed by atoms with van der Waals surface area (Å²) in [6, 6.07) is 22.2. The summed E-state index contributed by atoms with van der Waals surface area (Å²) in [5.74, 6) is 0.712. The van der Waals surface area contributed by atoms with E-state index in [1.165, 1.54) is 4.90 Å². The van der Waals surface area contributed by atoms with E-state index in [9.17, 15) is 14.7 Å². The molecule has 1 atom stereocenters. The number of amides is 1. The van der Waals surface area contributed by atoms with Crippen molar-refractivity contribution in [2.75, 3.05) is 13.1 Å². The van der Waals surface area contributed by atoms with Crippen LogP contribution in [0.25, 0.3) is 0 Å². The topological polar surface area (TPSA) is 76.1 Å². The normalized spacial score (nSPS) is 13.3. The smallest absolute Gasteiger partial charge is 0.407 e. The molecular weight excluding hydrogens is 618 g/mol. The predicted octanol–water partition coefficient (Wildman–Crippen LogP) is 10.2. The molecule has 0 unspecified atom stereocenters. The minimum Gasteiger partial charge on any atom is -0.544 e. The fourth-order valence-corrected chi connectivity index (χ4v) is 6.80. The maximum atomic E-state index is 13.2. The van der Waals surface area contributed by atoms with Crippen molar-refractivity contribution in [1.82, 2.24) is 4.90 Å². The van der Waals surface area contributed by atoms with Crippen LogP contribution in [0.15, 0.2) is 72.8 Å². The van der Waals surface area contributed by atoms with E-state index in [0.29, 0.717) is 22.6 Å². The van der Waals surface area contributed by atoms with Crippen LogP contribution in [-0.4, -0.2) is 51.6 Å². The van der Waals surface area contributed by atoms with Gasteiger partial charge in [0.1, 0.15) is 5.75 Å². The molecule has 45 heavy (non-hydrogen) atoms. The van der Waals surface area contributed by atoms with E-state index in [4.69, 9.17) is 20.5 Å². The Morgan fingerprint density at radius 1 is 0.822 bits per heavy atom. The van der Waals surface area contributed by atoms with Crippen molar-refractivity contribution in [2.45, 2.75) is 90.3 Å². The summed E-state index contributed by atoms with van der Waals surface area (Å²) < 4.78 is 13.1. The second-order valence-corrected chi connectivity index (χ2v) is 24.7. The van der Waals surface area contributed by atoms with Crippen LogP contribution in [0.5, 0.6) is 5.75 Å². The van der Waals surface area contributed by atoms with Crippen molar-refractivity contribution in [3.8, 4) is 5.75 Å². The first-order valence-corrected chi connectivity index (χ1v) is 21.7. The van der Waals surface area contributed by atoms with Crippen LogP contribution in [0.1, 0.15) is 74.7 Å². The van der Waals surface area contributed by atoms with E-state index in [2.05, 4.69) is 67.7 Å². The number of hydrogen-bond acceptors (Lipinski definition) is 4. The molecule has 0 fully saturated rings. The van der Waals surface area contributed by atoms with Crippen LogP contribution in [0.3, 0.4) is 0 Å². The summed E-state index contributed by atoms with van der Waals surface area (Å²) in [4.78, 5) is 27.0. The molecule has 0 bridgehead atoms. The van der Waals surface area contributed by atoms with Gasteiger partial charge in [-0.05, 0) is 90.2 Å². The molecule has 3 aromatic rings. The number of halogens is 1. The third kappa shape index (κ3) is 9.79. The molecule has 0 saturated heterocycles. The minimum atomic E-state index is -2.22. The highest BCUT2D eigenvalue weighted by Crippen LogP contribution is 2.40. The lowest BCUT2D eigenvalue weighted by Gasteiger charge is -2.40. The first kappa shape index (κ1) is 36.6. The fourth-order valence-electron chi connectivity index (χ4n) is 4.29. The molecule has 3 aromatic carbocycles. The molecule has 0 aliphatic heterocycles. The van der Waals surface area contributed by atoms with Crippen LogP contribution in [0, 0.1) is 0 Å². The van der Waals surface area contributed by atoms with Gasteiger partial charge in [0.25, 0.3) is 0 Å². The Morgan fingerprint density at radius 2 is 1.36 bits per heavy atom. The fraction of sp³-hybridized carbons (Fsp3) is 0.444. The summed E-state index contributed by atoms with van der Waals surface area (Å²) in [5.41, 5.74) is 2.98. The van der Waals surface area contributed by atoms with Gasteiger partial charge in [-0.25, -0.2) is 4.79 Å². The minimum absolute atomic E-state index is 0.0440. The van der Waals surface area contributed by atoms with Gasteiger partial charge in [0, 0.05) is 22.7 Å². The zero-order valence-electron chi connectivity index (χ0n) is 28.5. The van der Waals surface area contributed by atoms with Crippen LogP contribution in [-0.2, 0) is 10.8 Å². The van der Waals surface area contributed by atoms with E-state index < -0.39 is 28.8 Å². The number of nitrogens with zero attached hydrogens (tertiary/aromatic N) is 1. The van der Waals surface area contributed by atoms with Crippen molar-refractivity contribution in [3.05, 3.63) is 100 Å². The highest BCUT2D eigenvalue weighted by atomic mass is 35.5. The summed E-state index contributed by atoms with van der Waals surface area (Å²) in [6.45, 7) is 22.3. The van der Waals surface area contributed by atoms with Crippen LogP contribution in [0.2, 0.25) is 41.3 Å². The molecule has 0 radical (unpaired) electrons. The number of hydrogen-bond donors (Lipinski definition) is 1. The highest BCUT2D eigenvalue weighted by molar-refractivity contribution is 6.75. The van der Waals surface area contributed by atoms with Crippen molar-refractivity contribution in [3.63, 3.8) is 0 Å². The maximum absolute atomic E-state index is 13.2. The van der Waals surface area contributed by atoms with Crippen LogP contribution in [0.4, 0.5) is 4.79 Å². The molecule has 0 aromatic heterocycles. The number of rotatable bonds is 12. The predicted molar refractivity (Wildman–Crippen MR) is 190 cm³/mol. The third-order valence-electron chi connectivity index (χ3n) is 9.30. The Kier molecular flexibility index (Phi) is 11.6. The molecule has 6 nitrogen and oxygen atoms in total. The van der Waals surface area contributed by atoms with Crippen molar-refractivity contribution in [2.24, 2.45) is 0 Å². The van der Waals surface area contributed by atoms with Crippen molar-refractivity contribution < 1.29 is 23.5 Å². The second kappa shape index (κ2) is 14.2. The van der Waals surface area contributed by atoms with Gasteiger partial charge in [-0.1, -0.05) is 89.5 Å². The summed E-state index contributed by atoms with van der Waals surface area (Å²) in [7, 11) is -4.19. The largest absolute Gasteiger partial charge is 0.544 e. The average Bonchev–Trinajstić information content (AvgIpc) is 2.93. The molecule has 0 aliphatic rings. The van der Waals surface area contributed by atoms with Gasteiger partial charge in [0.05, 0.1) is 12.6 Å². The highest BCUT2D eigenvalue weighted by Gasteiger charge is 2.40. The van der Waals surface area contributed by atoms with Gasteiger partial charge in [-0.2, -0.15) is 0 Å². The summed E-state index contributed by atoms with van der Waals surface area (Å²) >= 11 is 6.31. The molecule has 0 heterocycles. The molecular formula is C36H50ClNO5Si2. The molecule has 1 N–H and O–H groups in total. The van der Waals surface area contributed by atoms with Gasteiger partial charge < -0.3 is 18.9 Å².